The molecule has 0 heterocycles. The average molecular weight is 787 g/mol. The number of aliphatic carboxylic acids is 1. The lowest BCUT2D eigenvalue weighted by molar-refractivity contribution is -0.147. The molecule has 56 heavy (non-hydrogen) atoms. The lowest BCUT2D eigenvalue weighted by atomic mass is 10.0. The molecule has 4 N–H and O–H groups in total. The summed E-state index contributed by atoms with van der Waals surface area (Å²) in [6.07, 6.45) is 48.8. The number of hydrogen-bond acceptors (Lipinski definition) is 6. The number of esters is 1. The molecule has 9 nitrogen and oxygen atoms in total. The molecule has 0 aliphatic carbocycles. The fourth-order valence-corrected chi connectivity index (χ4v) is 6.39. The molecule has 0 saturated carbocycles. The summed E-state index contributed by atoms with van der Waals surface area (Å²) in [6.45, 7) is 3.35. The van der Waals surface area contributed by atoms with Crippen LogP contribution in [-0.2, 0) is 23.9 Å². The Balaban J connectivity index is 4.35. The quantitative estimate of drug-likeness (QED) is 0.0275. The molecule has 0 fully saturated rings. The molecular weight excluding hydrogens is 705 g/mol. The smallest absolute Gasteiger partial charge is 0.328 e. The molecule has 322 valence electrons. The van der Waals surface area contributed by atoms with Crippen LogP contribution < -0.4 is 10.6 Å². The molecule has 0 bridgehead atoms. The van der Waals surface area contributed by atoms with Crippen molar-refractivity contribution in [1.82, 2.24) is 10.6 Å². The zero-order valence-electron chi connectivity index (χ0n) is 35.6. The van der Waals surface area contributed by atoms with Gasteiger partial charge in [0.1, 0.15) is 12.1 Å². The van der Waals surface area contributed by atoms with Crippen molar-refractivity contribution in [3.8, 4) is 0 Å². The number of carboxylic acids is 1. The Labute approximate surface area is 341 Å². The van der Waals surface area contributed by atoms with E-state index in [9.17, 15) is 19.2 Å². The van der Waals surface area contributed by atoms with E-state index >= 15 is 0 Å². The summed E-state index contributed by atoms with van der Waals surface area (Å²) < 4.78 is 5.92. The van der Waals surface area contributed by atoms with E-state index in [4.69, 9.17) is 14.9 Å². The minimum Gasteiger partial charge on any atom is -0.480 e. The summed E-state index contributed by atoms with van der Waals surface area (Å²) >= 11 is 0. The minimum atomic E-state index is -1.39. The van der Waals surface area contributed by atoms with Gasteiger partial charge in [-0.05, 0) is 57.4 Å². The van der Waals surface area contributed by atoms with Gasteiger partial charge in [0, 0.05) is 12.8 Å². The van der Waals surface area contributed by atoms with Gasteiger partial charge in [0.05, 0.1) is 13.2 Å². The van der Waals surface area contributed by atoms with Crippen molar-refractivity contribution in [2.75, 3.05) is 13.2 Å². The molecule has 2 atom stereocenters. The van der Waals surface area contributed by atoms with E-state index in [-0.39, 0.29) is 30.9 Å². The summed E-state index contributed by atoms with van der Waals surface area (Å²) in [5, 5.41) is 22.5. The SMILES string of the molecule is CC/C=C\C/C=C\C/C=C\C/C=C\C(CCCCCCCC(=O)NCC(=O)NC(CO)C(=O)O)OC(=O)CCCCCCCCCCCCCCCCCCC. The van der Waals surface area contributed by atoms with E-state index in [1.807, 2.05) is 6.08 Å². The first-order chi connectivity index (χ1) is 27.3. The topological polar surface area (TPSA) is 142 Å². The van der Waals surface area contributed by atoms with Crippen molar-refractivity contribution in [3.05, 3.63) is 48.6 Å². The molecule has 0 radical (unpaired) electrons. The molecule has 0 rings (SSSR count). The van der Waals surface area contributed by atoms with Crippen LogP contribution in [0.5, 0.6) is 0 Å². The van der Waals surface area contributed by atoms with Gasteiger partial charge in [-0.15, -0.1) is 0 Å². The van der Waals surface area contributed by atoms with Gasteiger partial charge in [-0.2, -0.15) is 0 Å². The molecule has 2 amide bonds. The van der Waals surface area contributed by atoms with E-state index in [1.54, 1.807) is 0 Å². The monoisotopic (exact) mass is 787 g/mol. The second-order valence-electron chi connectivity index (χ2n) is 15.1. The Kier molecular flexibility index (Phi) is 39.1. The predicted octanol–water partition coefficient (Wildman–Crippen LogP) is 11.2. The summed E-state index contributed by atoms with van der Waals surface area (Å²) in [6, 6.07) is -1.39. The largest absolute Gasteiger partial charge is 0.480 e. The Morgan fingerprint density at radius 3 is 1.48 bits per heavy atom. The number of carbonyl (C=O) groups is 4. The Bertz CT molecular complexity index is 1080. The Morgan fingerprint density at radius 1 is 0.554 bits per heavy atom. The molecule has 0 spiro atoms. The van der Waals surface area contributed by atoms with Gasteiger partial charge < -0.3 is 25.6 Å². The fourth-order valence-electron chi connectivity index (χ4n) is 6.39. The lowest BCUT2D eigenvalue weighted by Crippen LogP contribution is -2.47. The number of allylic oxidation sites excluding steroid dienone is 7. The van der Waals surface area contributed by atoms with Gasteiger partial charge in [-0.3, -0.25) is 14.4 Å². The van der Waals surface area contributed by atoms with Crippen LogP contribution >= 0.6 is 0 Å². The maximum atomic E-state index is 12.8. The number of nitrogens with one attached hydrogen (secondary N) is 2. The second kappa shape index (κ2) is 41.4. The third-order valence-corrected chi connectivity index (χ3v) is 9.82. The first-order valence-corrected chi connectivity index (χ1v) is 22.5. The van der Waals surface area contributed by atoms with Crippen molar-refractivity contribution in [1.29, 1.82) is 0 Å². The van der Waals surface area contributed by atoms with Gasteiger partial charge in [-0.1, -0.05) is 178 Å². The molecule has 0 aromatic heterocycles. The van der Waals surface area contributed by atoms with Crippen LogP contribution in [0, 0.1) is 0 Å². The number of hydrogen-bond donors (Lipinski definition) is 4. The summed E-state index contributed by atoms with van der Waals surface area (Å²) in [5.41, 5.74) is 0. The zero-order valence-corrected chi connectivity index (χ0v) is 35.6. The summed E-state index contributed by atoms with van der Waals surface area (Å²) in [7, 11) is 0. The second-order valence-corrected chi connectivity index (χ2v) is 15.1. The van der Waals surface area contributed by atoms with Crippen LogP contribution in [0.25, 0.3) is 0 Å². The third-order valence-electron chi connectivity index (χ3n) is 9.82. The Morgan fingerprint density at radius 2 is 1.00 bits per heavy atom. The number of aliphatic hydroxyl groups is 1. The van der Waals surface area contributed by atoms with Crippen molar-refractivity contribution < 1.29 is 34.1 Å². The maximum Gasteiger partial charge on any atom is 0.328 e. The van der Waals surface area contributed by atoms with Gasteiger partial charge >= 0.3 is 11.9 Å². The standard InChI is InChI=1S/C47H82N2O7/c1-3-5-7-9-11-13-15-16-17-18-19-20-22-24-26-31-35-39-46(53)56-42(36-32-28-25-23-21-14-12-10-8-6-4-2)37-33-29-27-30-34-38-44(51)48-40-45(52)49-43(41-50)47(54)55/h6,8,12,14,23,25,32,36,42-43,50H,3-5,7,9-11,13,15-22,24,26-31,33-35,37-41H2,1-2H3,(H,48,51)(H,49,52)(H,54,55)/b8-6-,14-12-,25-23-,36-32-. The van der Waals surface area contributed by atoms with Crippen molar-refractivity contribution >= 4 is 23.8 Å². The number of unbranched alkanes of at least 4 members (excludes halogenated alkanes) is 20. The van der Waals surface area contributed by atoms with Crippen molar-refractivity contribution in [2.24, 2.45) is 0 Å². The number of carboxylic acid groups (broad SMARTS) is 1. The summed E-state index contributed by atoms with van der Waals surface area (Å²) in [5.74, 6) is -2.39. The van der Waals surface area contributed by atoms with Crippen molar-refractivity contribution in [3.63, 3.8) is 0 Å². The number of amides is 2. The average Bonchev–Trinajstić information content (AvgIpc) is 3.18. The van der Waals surface area contributed by atoms with Crippen LogP contribution in [0.1, 0.15) is 200 Å². The molecule has 0 aromatic carbocycles. The minimum absolute atomic E-state index is 0.118. The lowest BCUT2D eigenvalue weighted by Gasteiger charge is -2.15. The highest BCUT2D eigenvalue weighted by Gasteiger charge is 2.18. The normalized spacial score (nSPS) is 12.9. The van der Waals surface area contributed by atoms with E-state index in [2.05, 4.69) is 67.0 Å². The van der Waals surface area contributed by atoms with Gasteiger partial charge in [-0.25, -0.2) is 4.79 Å². The van der Waals surface area contributed by atoms with Gasteiger partial charge in [0.15, 0.2) is 0 Å². The van der Waals surface area contributed by atoms with E-state index < -0.39 is 24.5 Å². The molecule has 0 saturated heterocycles. The number of carbonyl (C=O) groups excluding carboxylic acids is 3. The number of aliphatic hydroxyl groups excluding tert-OH is 1. The highest BCUT2D eigenvalue weighted by Crippen LogP contribution is 2.16. The molecule has 0 aliphatic rings. The van der Waals surface area contributed by atoms with Crippen LogP contribution in [-0.4, -0.2) is 59.3 Å². The molecular formula is C47H82N2O7. The first-order valence-electron chi connectivity index (χ1n) is 22.5. The molecule has 9 heteroatoms. The molecule has 0 aromatic rings. The maximum absolute atomic E-state index is 12.8. The Hall–Kier alpha value is -3.20. The highest BCUT2D eigenvalue weighted by molar-refractivity contribution is 5.87. The van der Waals surface area contributed by atoms with Crippen LogP contribution in [0.2, 0.25) is 0 Å². The van der Waals surface area contributed by atoms with Gasteiger partial charge in [0.25, 0.3) is 0 Å². The predicted molar refractivity (Wildman–Crippen MR) is 231 cm³/mol. The molecule has 2 unspecified atom stereocenters. The van der Waals surface area contributed by atoms with Crippen LogP contribution in [0.15, 0.2) is 48.6 Å². The van der Waals surface area contributed by atoms with E-state index in [1.165, 1.54) is 96.3 Å². The van der Waals surface area contributed by atoms with Gasteiger partial charge in [0.2, 0.25) is 11.8 Å². The summed E-state index contributed by atoms with van der Waals surface area (Å²) in [4.78, 5) is 47.5. The van der Waals surface area contributed by atoms with Crippen LogP contribution in [0.3, 0.4) is 0 Å². The fraction of sp³-hybridized carbons (Fsp3) is 0.745. The van der Waals surface area contributed by atoms with Crippen LogP contribution in [0.4, 0.5) is 0 Å². The molecule has 0 aliphatic heterocycles. The van der Waals surface area contributed by atoms with E-state index in [0.29, 0.717) is 12.8 Å². The highest BCUT2D eigenvalue weighted by atomic mass is 16.5. The van der Waals surface area contributed by atoms with E-state index in [0.717, 1.165) is 70.6 Å². The number of ether oxygens (including phenoxy) is 1. The number of rotatable bonds is 40. The third kappa shape index (κ3) is 37.7. The van der Waals surface area contributed by atoms with Crippen molar-refractivity contribution in [2.45, 2.75) is 212 Å². The first kappa shape index (κ1) is 52.8. The zero-order chi connectivity index (χ0) is 41.2.